The molecule has 1 aromatic heterocycles. The first kappa shape index (κ1) is 11.9. The smallest absolute Gasteiger partial charge is 0.262 e. The van der Waals surface area contributed by atoms with E-state index in [1.165, 1.54) is 32.0 Å². The van der Waals surface area contributed by atoms with Crippen molar-refractivity contribution in [2.24, 2.45) is 11.8 Å². The lowest BCUT2D eigenvalue weighted by Crippen LogP contribution is -2.13. The Morgan fingerprint density at radius 3 is 2.82 bits per heavy atom. The Morgan fingerprint density at radius 2 is 2.18 bits per heavy atom. The monoisotopic (exact) mass is 238 g/mol. The number of anilines is 1. The van der Waals surface area contributed by atoms with Crippen LogP contribution in [0.3, 0.4) is 0 Å². The Bertz CT molecular complexity index is 366. The maximum atomic E-state index is 5.68. The molecule has 1 aromatic rings. The van der Waals surface area contributed by atoms with Gasteiger partial charge >= 0.3 is 0 Å². The minimum atomic E-state index is 0.434. The van der Waals surface area contributed by atoms with E-state index in [2.05, 4.69) is 15.4 Å². The second-order valence-corrected chi connectivity index (χ2v) is 4.17. The van der Waals surface area contributed by atoms with Crippen molar-refractivity contribution in [1.82, 2.24) is 9.97 Å². The van der Waals surface area contributed by atoms with Crippen LogP contribution in [0.15, 0.2) is 6.33 Å². The van der Waals surface area contributed by atoms with Gasteiger partial charge in [-0.2, -0.15) is 4.98 Å². The molecule has 1 aliphatic carbocycles. The van der Waals surface area contributed by atoms with Crippen molar-refractivity contribution >= 4 is 5.82 Å². The summed E-state index contributed by atoms with van der Waals surface area (Å²) < 4.78 is 10.9. The highest BCUT2D eigenvalue weighted by molar-refractivity contribution is 5.54. The first-order valence-electron chi connectivity index (χ1n) is 5.83. The van der Waals surface area contributed by atoms with Gasteiger partial charge in [0.15, 0.2) is 5.82 Å². The third kappa shape index (κ3) is 2.76. The van der Waals surface area contributed by atoms with Gasteiger partial charge in [0.25, 0.3) is 5.88 Å². The SMILES string of the molecule is COc1c(NN)ncnc1OCC1CCCC1. The summed E-state index contributed by atoms with van der Waals surface area (Å²) in [6.07, 6.45) is 6.46. The summed E-state index contributed by atoms with van der Waals surface area (Å²) in [4.78, 5) is 8.02. The third-order valence-corrected chi connectivity index (χ3v) is 3.04. The number of aromatic nitrogens is 2. The zero-order valence-electron chi connectivity index (χ0n) is 9.98. The summed E-state index contributed by atoms with van der Waals surface area (Å²) >= 11 is 0. The molecule has 94 valence electrons. The molecular weight excluding hydrogens is 220 g/mol. The summed E-state index contributed by atoms with van der Waals surface area (Å²) in [5.74, 6) is 7.30. The molecule has 0 radical (unpaired) electrons. The van der Waals surface area contributed by atoms with Crippen molar-refractivity contribution in [3.05, 3.63) is 6.33 Å². The number of methoxy groups -OCH3 is 1. The molecule has 0 unspecified atom stereocenters. The fourth-order valence-corrected chi connectivity index (χ4v) is 2.12. The third-order valence-electron chi connectivity index (χ3n) is 3.04. The molecule has 6 nitrogen and oxygen atoms in total. The van der Waals surface area contributed by atoms with Gasteiger partial charge in [-0.1, -0.05) is 12.8 Å². The fourth-order valence-electron chi connectivity index (χ4n) is 2.12. The normalized spacial score (nSPS) is 15.9. The van der Waals surface area contributed by atoms with Crippen LogP contribution in [0.25, 0.3) is 0 Å². The molecule has 1 aliphatic rings. The number of nitrogens with zero attached hydrogens (tertiary/aromatic N) is 2. The standard InChI is InChI=1S/C11H18N4O2/c1-16-9-10(15-12)13-7-14-11(9)17-6-8-4-2-3-5-8/h7-8H,2-6,12H2,1H3,(H,13,14,15). The van der Waals surface area contributed by atoms with Crippen LogP contribution in [0.1, 0.15) is 25.7 Å². The maximum Gasteiger partial charge on any atom is 0.262 e. The average Bonchev–Trinajstić information content (AvgIpc) is 2.88. The zero-order chi connectivity index (χ0) is 12.1. The molecule has 0 spiro atoms. The van der Waals surface area contributed by atoms with Crippen molar-refractivity contribution < 1.29 is 9.47 Å². The number of nitrogens with two attached hydrogens (primary N) is 1. The van der Waals surface area contributed by atoms with Crippen LogP contribution in [0.5, 0.6) is 11.6 Å². The van der Waals surface area contributed by atoms with E-state index in [0.717, 1.165) is 0 Å². The molecule has 1 saturated carbocycles. The Hall–Kier alpha value is -1.56. The van der Waals surface area contributed by atoms with Gasteiger partial charge in [-0.3, -0.25) is 0 Å². The van der Waals surface area contributed by atoms with Crippen molar-refractivity contribution in [2.75, 3.05) is 19.1 Å². The van der Waals surface area contributed by atoms with E-state index in [1.54, 1.807) is 7.11 Å². The first-order chi connectivity index (χ1) is 8.35. The average molecular weight is 238 g/mol. The number of hydrazine groups is 1. The Balaban J connectivity index is 2.03. The van der Waals surface area contributed by atoms with E-state index in [1.807, 2.05) is 0 Å². The van der Waals surface area contributed by atoms with E-state index in [0.29, 0.717) is 30.0 Å². The fraction of sp³-hybridized carbons (Fsp3) is 0.636. The van der Waals surface area contributed by atoms with Gasteiger partial charge < -0.3 is 14.9 Å². The number of ether oxygens (including phenoxy) is 2. The van der Waals surface area contributed by atoms with Gasteiger partial charge in [-0.25, -0.2) is 10.8 Å². The van der Waals surface area contributed by atoms with Gasteiger partial charge in [0.1, 0.15) is 6.33 Å². The lowest BCUT2D eigenvalue weighted by atomic mass is 10.1. The number of nitrogens with one attached hydrogen (secondary N) is 1. The van der Waals surface area contributed by atoms with Gasteiger partial charge in [0.2, 0.25) is 5.75 Å². The predicted molar refractivity (Wildman–Crippen MR) is 63.8 cm³/mol. The molecule has 0 aliphatic heterocycles. The van der Waals surface area contributed by atoms with E-state index in [-0.39, 0.29) is 0 Å². The Morgan fingerprint density at radius 1 is 1.41 bits per heavy atom. The molecule has 0 bridgehead atoms. The lowest BCUT2D eigenvalue weighted by molar-refractivity contribution is 0.231. The summed E-state index contributed by atoms with van der Waals surface area (Å²) in [6.45, 7) is 0.678. The van der Waals surface area contributed by atoms with Crippen LogP contribution in [-0.2, 0) is 0 Å². The van der Waals surface area contributed by atoms with Crippen LogP contribution in [0.4, 0.5) is 5.82 Å². The molecule has 6 heteroatoms. The van der Waals surface area contributed by atoms with Gasteiger partial charge in [0, 0.05) is 0 Å². The van der Waals surface area contributed by atoms with Gasteiger partial charge in [0.05, 0.1) is 13.7 Å². The summed E-state index contributed by atoms with van der Waals surface area (Å²) in [5.41, 5.74) is 2.46. The highest BCUT2D eigenvalue weighted by Gasteiger charge is 2.18. The second-order valence-electron chi connectivity index (χ2n) is 4.17. The highest BCUT2D eigenvalue weighted by Crippen LogP contribution is 2.32. The van der Waals surface area contributed by atoms with E-state index in [4.69, 9.17) is 15.3 Å². The van der Waals surface area contributed by atoms with Gasteiger partial charge in [-0.05, 0) is 18.8 Å². The van der Waals surface area contributed by atoms with Crippen LogP contribution in [-0.4, -0.2) is 23.7 Å². The van der Waals surface area contributed by atoms with E-state index < -0.39 is 0 Å². The van der Waals surface area contributed by atoms with E-state index >= 15 is 0 Å². The minimum Gasteiger partial charge on any atom is -0.489 e. The molecule has 0 amide bonds. The lowest BCUT2D eigenvalue weighted by Gasteiger charge is -2.14. The quantitative estimate of drug-likeness (QED) is 0.595. The molecule has 17 heavy (non-hydrogen) atoms. The van der Waals surface area contributed by atoms with Crippen LogP contribution < -0.4 is 20.7 Å². The Kier molecular flexibility index (Phi) is 3.98. The Labute approximate surface area is 101 Å². The summed E-state index contributed by atoms with van der Waals surface area (Å²) in [7, 11) is 1.54. The molecule has 0 saturated heterocycles. The van der Waals surface area contributed by atoms with Crippen molar-refractivity contribution in [3.8, 4) is 11.6 Å². The minimum absolute atomic E-state index is 0.434. The van der Waals surface area contributed by atoms with Crippen LogP contribution >= 0.6 is 0 Å². The largest absolute Gasteiger partial charge is 0.489 e. The summed E-state index contributed by atoms with van der Waals surface area (Å²) in [5, 5.41) is 0. The number of hydrogen-bond donors (Lipinski definition) is 2. The first-order valence-corrected chi connectivity index (χ1v) is 5.83. The molecule has 1 fully saturated rings. The van der Waals surface area contributed by atoms with Gasteiger partial charge in [-0.15, -0.1) is 0 Å². The van der Waals surface area contributed by atoms with E-state index in [9.17, 15) is 0 Å². The predicted octanol–water partition coefficient (Wildman–Crippen LogP) is 1.34. The van der Waals surface area contributed by atoms with Crippen molar-refractivity contribution in [1.29, 1.82) is 0 Å². The molecule has 0 atom stereocenters. The van der Waals surface area contributed by atoms with Crippen molar-refractivity contribution in [2.45, 2.75) is 25.7 Å². The topological polar surface area (TPSA) is 82.3 Å². The number of hydrogen-bond acceptors (Lipinski definition) is 6. The summed E-state index contributed by atoms with van der Waals surface area (Å²) in [6, 6.07) is 0. The maximum absolute atomic E-state index is 5.68. The molecule has 1 heterocycles. The second kappa shape index (κ2) is 5.67. The molecule has 3 N–H and O–H groups in total. The van der Waals surface area contributed by atoms with Crippen molar-refractivity contribution in [3.63, 3.8) is 0 Å². The number of nitrogen functional groups attached to an aromatic ring is 1. The van der Waals surface area contributed by atoms with Crippen LogP contribution in [0, 0.1) is 5.92 Å². The molecule has 0 aromatic carbocycles. The molecular formula is C11H18N4O2. The zero-order valence-corrected chi connectivity index (χ0v) is 9.98. The number of rotatable bonds is 5. The molecule has 2 rings (SSSR count). The highest BCUT2D eigenvalue weighted by atomic mass is 16.5. The van der Waals surface area contributed by atoms with Crippen LogP contribution in [0.2, 0.25) is 0 Å².